The van der Waals surface area contributed by atoms with Gasteiger partial charge in [-0.2, -0.15) is 16.8 Å². The van der Waals surface area contributed by atoms with E-state index in [0.717, 1.165) is 11.1 Å². The van der Waals surface area contributed by atoms with Gasteiger partial charge in [0.2, 0.25) is 5.79 Å². The van der Waals surface area contributed by atoms with Gasteiger partial charge in [-0.25, -0.2) is 0 Å². The van der Waals surface area contributed by atoms with Crippen molar-refractivity contribution in [3.8, 4) is 0 Å². The maximum Gasteiger partial charge on any atom is 0.297 e. The molecule has 0 saturated carbocycles. The highest BCUT2D eigenvalue weighted by Gasteiger charge is 2.58. The monoisotopic (exact) mass is 650 g/mol. The molecule has 2 aromatic carbocycles. The third-order valence-electron chi connectivity index (χ3n) is 7.10. The first kappa shape index (κ1) is 33.8. The Labute approximate surface area is 248 Å². The summed E-state index contributed by atoms with van der Waals surface area (Å²) in [7, 11) is -8.64. The number of ether oxygens (including phenoxy) is 3. The molecule has 0 unspecified atom stereocenters. The number of aliphatic hydroxyl groups is 6. The lowest BCUT2D eigenvalue weighted by Gasteiger charge is -2.43. The van der Waals surface area contributed by atoms with Crippen LogP contribution < -0.4 is 0 Å². The molecule has 2 aliphatic heterocycles. The molecule has 0 radical (unpaired) electrons. The zero-order chi connectivity index (χ0) is 31.7. The van der Waals surface area contributed by atoms with E-state index >= 15 is 0 Å². The molecule has 0 spiro atoms. The molecule has 0 amide bonds. The van der Waals surface area contributed by atoms with Gasteiger partial charge in [-0.3, -0.25) is 8.37 Å². The quantitative estimate of drug-likeness (QED) is 0.145. The first-order valence-corrected chi connectivity index (χ1v) is 15.9. The van der Waals surface area contributed by atoms with Crippen molar-refractivity contribution in [2.75, 3.05) is 19.8 Å². The van der Waals surface area contributed by atoms with Crippen molar-refractivity contribution in [3.05, 3.63) is 59.7 Å². The Balaban J connectivity index is 1.45. The van der Waals surface area contributed by atoms with E-state index in [0.29, 0.717) is 0 Å². The Hall–Kier alpha value is -2.10. The minimum absolute atomic E-state index is 0.181. The summed E-state index contributed by atoms with van der Waals surface area (Å²) in [5.74, 6) is -2.53. The number of aliphatic hydroxyl groups excluding tert-OH is 6. The SMILES string of the molecule is Cc1ccc(S(=O)(=O)OC[C@@H]2O[C@](CO)(O[C@@H]3O[C@@H](COS(=O)(=O)c4ccc(C)cc4)[C@@H](O)[C@H](O)[C@@H]3O)[C@H](O)[C@@H]2O)cc1. The summed E-state index contributed by atoms with van der Waals surface area (Å²) in [6, 6.07) is 11.4. The Morgan fingerprint density at radius 1 is 0.698 bits per heavy atom. The summed E-state index contributed by atoms with van der Waals surface area (Å²) < 4.78 is 76.6. The number of hydrogen-bond acceptors (Lipinski definition) is 15. The van der Waals surface area contributed by atoms with Gasteiger partial charge in [-0.1, -0.05) is 35.4 Å². The van der Waals surface area contributed by atoms with Crippen molar-refractivity contribution >= 4 is 20.2 Å². The van der Waals surface area contributed by atoms with E-state index in [1.807, 2.05) is 0 Å². The van der Waals surface area contributed by atoms with Crippen LogP contribution in [0.4, 0.5) is 0 Å². The molecule has 4 rings (SSSR count). The third-order valence-corrected chi connectivity index (χ3v) is 9.70. The number of rotatable bonds is 11. The van der Waals surface area contributed by atoms with Crippen LogP contribution in [0, 0.1) is 13.8 Å². The Bertz CT molecular complexity index is 1450. The van der Waals surface area contributed by atoms with Crippen molar-refractivity contribution in [3.63, 3.8) is 0 Å². The van der Waals surface area contributed by atoms with Gasteiger partial charge in [0.05, 0.1) is 23.0 Å². The zero-order valence-corrected chi connectivity index (χ0v) is 24.7. The van der Waals surface area contributed by atoms with E-state index < -0.39 is 94.9 Å². The van der Waals surface area contributed by atoms with Gasteiger partial charge < -0.3 is 44.8 Å². The molecule has 2 saturated heterocycles. The molecule has 2 aromatic rings. The Kier molecular flexibility index (Phi) is 10.3. The van der Waals surface area contributed by atoms with Crippen molar-refractivity contribution < 1.29 is 70.1 Å². The van der Waals surface area contributed by atoms with Gasteiger partial charge in [0.1, 0.15) is 49.3 Å². The highest BCUT2D eigenvalue weighted by Crippen LogP contribution is 2.36. The standard InChI is InChI=1S/C26H34O15S2/c1-14-3-7-16(8-4-14)42(33,34)37-11-18-20(28)22(30)23(31)25(39-18)41-26(13-27)24(32)21(29)19(40-26)12-38-43(35,36)17-9-5-15(2)6-10-17/h3-10,18-25,27-32H,11-13H2,1-2H3/t18-,19-,20+,21+,22-,23-,24+,25-,26+/m0/s1. The molecule has 2 heterocycles. The summed E-state index contributed by atoms with van der Waals surface area (Å²) >= 11 is 0. The molecule has 6 N–H and O–H groups in total. The van der Waals surface area contributed by atoms with Crippen LogP contribution in [0.25, 0.3) is 0 Å². The second-order valence-electron chi connectivity index (χ2n) is 10.3. The average molecular weight is 651 g/mol. The molecule has 0 bridgehead atoms. The Morgan fingerprint density at radius 2 is 1.16 bits per heavy atom. The molecule has 43 heavy (non-hydrogen) atoms. The van der Waals surface area contributed by atoms with E-state index in [4.69, 9.17) is 22.6 Å². The molecule has 9 atom stereocenters. The predicted octanol–water partition coefficient (Wildman–Crippen LogP) is -1.95. The summed E-state index contributed by atoms with van der Waals surface area (Å²) in [4.78, 5) is -0.370. The van der Waals surface area contributed by atoms with Crippen molar-refractivity contribution in [2.24, 2.45) is 0 Å². The second kappa shape index (κ2) is 13.1. The van der Waals surface area contributed by atoms with Gasteiger partial charge in [0.15, 0.2) is 6.29 Å². The van der Waals surface area contributed by atoms with Crippen molar-refractivity contribution in [1.82, 2.24) is 0 Å². The van der Waals surface area contributed by atoms with Gasteiger partial charge in [-0.05, 0) is 38.1 Å². The van der Waals surface area contributed by atoms with Crippen LogP contribution in [-0.4, -0.2) is 122 Å². The normalized spacial score (nSPS) is 33.5. The lowest BCUT2D eigenvalue weighted by atomic mass is 9.99. The highest BCUT2D eigenvalue weighted by molar-refractivity contribution is 7.87. The van der Waals surface area contributed by atoms with Crippen LogP contribution in [0.15, 0.2) is 58.3 Å². The van der Waals surface area contributed by atoms with E-state index in [1.54, 1.807) is 26.0 Å². The third kappa shape index (κ3) is 7.25. The van der Waals surface area contributed by atoms with Crippen LogP contribution >= 0.6 is 0 Å². The zero-order valence-electron chi connectivity index (χ0n) is 23.0. The van der Waals surface area contributed by atoms with Crippen LogP contribution in [0.3, 0.4) is 0 Å². The molecule has 0 aromatic heterocycles. The Morgan fingerprint density at radius 3 is 1.63 bits per heavy atom. The summed E-state index contributed by atoms with van der Waals surface area (Å²) in [5, 5.41) is 62.6. The fraction of sp³-hybridized carbons (Fsp3) is 0.538. The molecule has 17 heteroatoms. The largest absolute Gasteiger partial charge is 0.391 e. The molecule has 2 fully saturated rings. The smallest absolute Gasteiger partial charge is 0.297 e. The van der Waals surface area contributed by atoms with Crippen LogP contribution in [0.2, 0.25) is 0 Å². The lowest BCUT2D eigenvalue weighted by Crippen LogP contribution is -2.62. The molecular weight excluding hydrogens is 616 g/mol. The highest BCUT2D eigenvalue weighted by atomic mass is 32.2. The van der Waals surface area contributed by atoms with E-state index in [1.165, 1.54) is 36.4 Å². The van der Waals surface area contributed by atoms with Gasteiger partial charge in [0.25, 0.3) is 20.2 Å². The number of benzene rings is 2. The van der Waals surface area contributed by atoms with Gasteiger partial charge >= 0.3 is 0 Å². The number of hydrogen-bond donors (Lipinski definition) is 6. The first-order chi connectivity index (χ1) is 20.1. The van der Waals surface area contributed by atoms with Gasteiger partial charge in [-0.15, -0.1) is 0 Å². The summed E-state index contributed by atoms with van der Waals surface area (Å²) in [6.07, 6.45) is -14.9. The maximum absolute atomic E-state index is 12.6. The average Bonchev–Trinajstić information content (AvgIpc) is 3.21. The van der Waals surface area contributed by atoms with E-state index in [9.17, 15) is 47.5 Å². The minimum Gasteiger partial charge on any atom is -0.391 e. The summed E-state index contributed by atoms with van der Waals surface area (Å²) in [6.45, 7) is 0.683. The van der Waals surface area contributed by atoms with Crippen LogP contribution in [-0.2, 0) is 42.8 Å². The fourth-order valence-electron chi connectivity index (χ4n) is 4.46. The molecule has 2 aliphatic rings. The first-order valence-electron chi connectivity index (χ1n) is 13.0. The van der Waals surface area contributed by atoms with E-state index in [2.05, 4.69) is 0 Å². The molecule has 0 aliphatic carbocycles. The van der Waals surface area contributed by atoms with Crippen molar-refractivity contribution in [1.29, 1.82) is 0 Å². The predicted molar refractivity (Wildman–Crippen MR) is 143 cm³/mol. The minimum atomic E-state index is -4.33. The summed E-state index contributed by atoms with van der Waals surface area (Å²) in [5.41, 5.74) is 1.59. The lowest BCUT2D eigenvalue weighted by molar-refractivity contribution is -0.383. The molecule has 15 nitrogen and oxygen atoms in total. The van der Waals surface area contributed by atoms with Crippen LogP contribution in [0.1, 0.15) is 11.1 Å². The van der Waals surface area contributed by atoms with E-state index in [-0.39, 0.29) is 9.79 Å². The molecular formula is C26H34O15S2. The van der Waals surface area contributed by atoms with Gasteiger partial charge in [0, 0.05) is 0 Å². The topological polar surface area (TPSA) is 236 Å². The number of aryl methyl sites for hydroxylation is 2. The fourth-order valence-corrected chi connectivity index (χ4v) is 6.30. The maximum atomic E-state index is 12.6. The molecule has 240 valence electrons. The second-order valence-corrected chi connectivity index (χ2v) is 13.5. The van der Waals surface area contributed by atoms with Crippen LogP contribution in [0.5, 0.6) is 0 Å². The van der Waals surface area contributed by atoms with Crippen molar-refractivity contribution in [2.45, 2.75) is 78.4 Å².